The maximum atomic E-state index is 13.1. The van der Waals surface area contributed by atoms with E-state index in [1.165, 1.54) is 43.5 Å². The lowest BCUT2D eigenvalue weighted by Crippen LogP contribution is -2.29. The third-order valence-electron chi connectivity index (χ3n) is 4.29. The number of halogens is 3. The number of nitrogens with zero attached hydrogens (tertiary/aromatic N) is 6. The quantitative estimate of drug-likeness (QED) is 0.588. The van der Waals surface area contributed by atoms with E-state index < -0.39 is 29.8 Å². The highest BCUT2D eigenvalue weighted by atomic mass is 19.4. The van der Waals surface area contributed by atoms with Crippen LogP contribution in [0.25, 0.3) is 5.82 Å². The number of amides is 1. The molecule has 3 aromatic heterocycles. The Bertz CT molecular complexity index is 1110. The zero-order valence-corrected chi connectivity index (χ0v) is 16.7. The SMILES string of the molecule is CCn1nc(C(=O)NC(C)c2nccnc2-n2cc(C(=O)OC)cn2)cc1C(F)(F)F. The molecule has 0 radical (unpaired) electrons. The van der Waals surface area contributed by atoms with Gasteiger partial charge in [0.25, 0.3) is 5.91 Å². The first-order valence-electron chi connectivity index (χ1n) is 9.05. The van der Waals surface area contributed by atoms with E-state index in [9.17, 15) is 22.8 Å². The van der Waals surface area contributed by atoms with Gasteiger partial charge in [0.15, 0.2) is 11.5 Å². The number of methoxy groups -OCH3 is 1. The maximum absolute atomic E-state index is 13.1. The number of aryl methyl sites for hydroxylation is 1. The molecule has 0 spiro atoms. The average molecular weight is 437 g/mol. The van der Waals surface area contributed by atoms with Crippen LogP contribution in [0.2, 0.25) is 0 Å². The number of rotatable bonds is 6. The zero-order valence-electron chi connectivity index (χ0n) is 16.7. The molecule has 0 aliphatic heterocycles. The Kier molecular flexibility index (Phi) is 6.04. The Balaban J connectivity index is 1.86. The summed E-state index contributed by atoms with van der Waals surface area (Å²) in [6, 6.07) is -0.0673. The molecule has 3 heterocycles. The van der Waals surface area contributed by atoms with Gasteiger partial charge < -0.3 is 10.1 Å². The van der Waals surface area contributed by atoms with Gasteiger partial charge in [-0.3, -0.25) is 14.5 Å². The number of carbonyl (C=O) groups is 2. The highest BCUT2D eigenvalue weighted by molar-refractivity contribution is 5.92. The van der Waals surface area contributed by atoms with Crippen LogP contribution in [-0.4, -0.2) is 48.5 Å². The first-order chi connectivity index (χ1) is 14.7. The lowest BCUT2D eigenvalue weighted by molar-refractivity contribution is -0.144. The second-order valence-corrected chi connectivity index (χ2v) is 6.35. The first kappa shape index (κ1) is 21.9. The highest BCUT2D eigenvalue weighted by Crippen LogP contribution is 2.30. The molecule has 0 saturated carbocycles. The van der Waals surface area contributed by atoms with Crippen molar-refractivity contribution in [2.45, 2.75) is 32.6 Å². The molecular formula is C18H18F3N7O3. The van der Waals surface area contributed by atoms with Crippen molar-refractivity contribution >= 4 is 11.9 Å². The molecule has 0 fully saturated rings. The van der Waals surface area contributed by atoms with E-state index in [1.54, 1.807) is 6.92 Å². The molecule has 0 aliphatic carbocycles. The van der Waals surface area contributed by atoms with Crippen molar-refractivity contribution in [3.63, 3.8) is 0 Å². The van der Waals surface area contributed by atoms with E-state index in [1.807, 2.05) is 0 Å². The summed E-state index contributed by atoms with van der Waals surface area (Å²) >= 11 is 0. The fraction of sp³-hybridized carbons (Fsp3) is 0.333. The minimum Gasteiger partial charge on any atom is -0.465 e. The molecule has 3 rings (SSSR count). The number of alkyl halides is 3. The second kappa shape index (κ2) is 8.53. The molecule has 164 valence electrons. The van der Waals surface area contributed by atoms with E-state index >= 15 is 0 Å². The number of ether oxygens (including phenoxy) is 1. The standard InChI is InChI=1S/C18H18F3N7O3/c1-4-27-13(18(19,20)21)7-12(26-27)16(29)25-10(2)14-15(23-6-5-22-14)28-9-11(8-24-28)17(30)31-3/h5-10H,4H2,1-3H3,(H,25,29). The predicted octanol–water partition coefficient (Wildman–Crippen LogP) is 2.18. The molecular weight excluding hydrogens is 419 g/mol. The summed E-state index contributed by atoms with van der Waals surface area (Å²) < 4.78 is 46.0. The number of hydrogen-bond acceptors (Lipinski definition) is 7. The summed E-state index contributed by atoms with van der Waals surface area (Å²) in [5, 5.41) is 10.3. The molecule has 0 saturated heterocycles. The van der Waals surface area contributed by atoms with Crippen LogP contribution in [0.15, 0.2) is 30.9 Å². The number of aromatic nitrogens is 6. The number of esters is 1. The van der Waals surface area contributed by atoms with Gasteiger partial charge in [0.2, 0.25) is 0 Å². The molecule has 13 heteroatoms. The predicted molar refractivity (Wildman–Crippen MR) is 99.3 cm³/mol. The second-order valence-electron chi connectivity index (χ2n) is 6.35. The van der Waals surface area contributed by atoms with Crippen LogP contribution in [0.5, 0.6) is 0 Å². The minimum atomic E-state index is -4.64. The van der Waals surface area contributed by atoms with Crippen molar-refractivity contribution < 1.29 is 27.5 Å². The van der Waals surface area contributed by atoms with Crippen LogP contribution in [0.3, 0.4) is 0 Å². The smallest absolute Gasteiger partial charge is 0.433 e. The van der Waals surface area contributed by atoms with Crippen LogP contribution >= 0.6 is 0 Å². The molecule has 31 heavy (non-hydrogen) atoms. The van der Waals surface area contributed by atoms with Gasteiger partial charge in [0, 0.05) is 31.2 Å². The molecule has 0 bridgehead atoms. The summed E-state index contributed by atoms with van der Waals surface area (Å²) in [5.41, 5.74) is -0.930. The van der Waals surface area contributed by atoms with Crippen molar-refractivity contribution in [2.75, 3.05) is 7.11 Å². The molecule has 3 aromatic rings. The molecule has 10 nitrogen and oxygen atoms in total. The molecule has 1 atom stereocenters. The Labute approximate surface area is 174 Å². The Morgan fingerprint density at radius 3 is 2.58 bits per heavy atom. The van der Waals surface area contributed by atoms with Crippen LogP contribution in [-0.2, 0) is 17.5 Å². The van der Waals surface area contributed by atoms with Gasteiger partial charge in [-0.1, -0.05) is 0 Å². The van der Waals surface area contributed by atoms with Crippen molar-refractivity contribution in [3.05, 3.63) is 53.5 Å². The van der Waals surface area contributed by atoms with Gasteiger partial charge >= 0.3 is 12.1 Å². The molecule has 0 aliphatic rings. The van der Waals surface area contributed by atoms with E-state index in [2.05, 4.69) is 30.2 Å². The van der Waals surface area contributed by atoms with E-state index in [0.717, 1.165) is 0 Å². The summed E-state index contributed by atoms with van der Waals surface area (Å²) in [4.78, 5) is 32.6. The summed E-state index contributed by atoms with van der Waals surface area (Å²) in [6.07, 6.45) is 0.809. The van der Waals surface area contributed by atoms with Crippen LogP contribution in [0.1, 0.15) is 52.1 Å². The molecule has 1 N–H and O–H groups in total. The van der Waals surface area contributed by atoms with Gasteiger partial charge in [-0.05, 0) is 13.8 Å². The fourth-order valence-corrected chi connectivity index (χ4v) is 2.82. The van der Waals surface area contributed by atoms with E-state index in [0.29, 0.717) is 10.7 Å². The first-order valence-corrected chi connectivity index (χ1v) is 9.05. The van der Waals surface area contributed by atoms with E-state index in [4.69, 9.17) is 0 Å². The van der Waals surface area contributed by atoms with Crippen LogP contribution < -0.4 is 5.32 Å². The van der Waals surface area contributed by atoms with Gasteiger partial charge in [-0.15, -0.1) is 0 Å². The monoisotopic (exact) mass is 437 g/mol. The van der Waals surface area contributed by atoms with Crippen molar-refractivity contribution in [3.8, 4) is 5.82 Å². The lowest BCUT2D eigenvalue weighted by Gasteiger charge is -2.15. The van der Waals surface area contributed by atoms with E-state index in [-0.39, 0.29) is 29.3 Å². The van der Waals surface area contributed by atoms with Crippen molar-refractivity contribution in [2.24, 2.45) is 0 Å². The molecule has 1 amide bonds. The summed E-state index contributed by atoms with van der Waals surface area (Å²) in [5.74, 6) is -1.18. The van der Waals surface area contributed by atoms with Crippen molar-refractivity contribution in [1.82, 2.24) is 34.8 Å². The van der Waals surface area contributed by atoms with Crippen molar-refractivity contribution in [1.29, 1.82) is 0 Å². The Morgan fingerprint density at radius 2 is 1.97 bits per heavy atom. The van der Waals surface area contributed by atoms with Crippen LogP contribution in [0, 0.1) is 0 Å². The van der Waals surface area contributed by atoms with Gasteiger partial charge in [-0.2, -0.15) is 23.4 Å². The Hall–Kier alpha value is -3.77. The summed E-state index contributed by atoms with van der Waals surface area (Å²) in [6.45, 7) is 3.02. The Morgan fingerprint density at radius 1 is 1.26 bits per heavy atom. The van der Waals surface area contributed by atoms with Gasteiger partial charge in [0.1, 0.15) is 11.4 Å². The average Bonchev–Trinajstić information content (AvgIpc) is 3.40. The zero-order chi connectivity index (χ0) is 22.8. The number of nitrogens with one attached hydrogen (secondary N) is 1. The molecule has 0 aromatic carbocycles. The van der Waals surface area contributed by atoms with Crippen LogP contribution in [0.4, 0.5) is 13.2 Å². The third-order valence-corrected chi connectivity index (χ3v) is 4.29. The normalized spacial score (nSPS) is 12.5. The third kappa shape index (κ3) is 4.54. The largest absolute Gasteiger partial charge is 0.465 e. The summed E-state index contributed by atoms with van der Waals surface area (Å²) in [7, 11) is 1.23. The minimum absolute atomic E-state index is 0.0478. The topological polar surface area (TPSA) is 117 Å². The number of carbonyl (C=O) groups excluding carboxylic acids is 2. The highest BCUT2D eigenvalue weighted by Gasteiger charge is 2.36. The van der Waals surface area contributed by atoms with Gasteiger partial charge in [-0.25, -0.2) is 14.5 Å². The number of hydrogen-bond donors (Lipinski definition) is 1. The fourth-order valence-electron chi connectivity index (χ4n) is 2.82. The lowest BCUT2D eigenvalue weighted by atomic mass is 10.2. The maximum Gasteiger partial charge on any atom is 0.433 e. The molecule has 1 unspecified atom stereocenters. The van der Waals surface area contributed by atoms with Gasteiger partial charge in [0.05, 0.1) is 24.9 Å².